The standard InChI is InChI=1S/C11H17N3O2S/c1-14(9-11(8-12)4-5-11)17(15,16)10-2-6-13-7-3-10/h2-3,6-7H,4-5,8-9,12H2,1H3. The van der Waals surface area contributed by atoms with Crippen LogP contribution in [0.3, 0.4) is 0 Å². The average molecular weight is 255 g/mol. The van der Waals surface area contributed by atoms with Crippen LogP contribution in [-0.2, 0) is 10.0 Å². The van der Waals surface area contributed by atoms with Crippen molar-refractivity contribution in [3.05, 3.63) is 24.5 Å². The summed E-state index contributed by atoms with van der Waals surface area (Å²) in [6.07, 6.45) is 4.99. The Morgan fingerprint density at radius 1 is 1.41 bits per heavy atom. The molecule has 94 valence electrons. The fourth-order valence-corrected chi connectivity index (χ4v) is 3.12. The average Bonchev–Trinajstić information content (AvgIpc) is 3.10. The molecule has 1 fully saturated rings. The Labute approximate surface area is 102 Å². The second kappa shape index (κ2) is 4.36. The summed E-state index contributed by atoms with van der Waals surface area (Å²) < 4.78 is 25.8. The van der Waals surface area contributed by atoms with Gasteiger partial charge in [-0.3, -0.25) is 4.98 Å². The zero-order valence-corrected chi connectivity index (χ0v) is 10.7. The minimum absolute atomic E-state index is 0.00878. The molecule has 1 aliphatic carbocycles. The molecule has 0 aliphatic heterocycles. The van der Waals surface area contributed by atoms with Crippen molar-refractivity contribution in [3.8, 4) is 0 Å². The van der Waals surface area contributed by atoms with Crippen LogP contribution in [0.25, 0.3) is 0 Å². The smallest absolute Gasteiger partial charge is 0.242 e. The van der Waals surface area contributed by atoms with Gasteiger partial charge in [0.2, 0.25) is 10.0 Å². The van der Waals surface area contributed by atoms with E-state index in [-0.39, 0.29) is 10.3 Å². The molecule has 17 heavy (non-hydrogen) atoms. The van der Waals surface area contributed by atoms with Crippen LogP contribution in [0.1, 0.15) is 12.8 Å². The third kappa shape index (κ3) is 2.48. The van der Waals surface area contributed by atoms with Crippen molar-refractivity contribution in [2.75, 3.05) is 20.1 Å². The quantitative estimate of drug-likeness (QED) is 0.828. The molecule has 1 aromatic rings. The van der Waals surface area contributed by atoms with E-state index < -0.39 is 10.0 Å². The first-order valence-corrected chi connectivity index (χ1v) is 7.01. The molecule has 1 aliphatic rings. The number of aromatic nitrogens is 1. The minimum Gasteiger partial charge on any atom is -0.330 e. The van der Waals surface area contributed by atoms with Gasteiger partial charge in [0.05, 0.1) is 4.90 Å². The van der Waals surface area contributed by atoms with Gasteiger partial charge in [0.25, 0.3) is 0 Å². The molecule has 0 unspecified atom stereocenters. The number of hydrogen-bond donors (Lipinski definition) is 1. The third-order valence-corrected chi connectivity index (χ3v) is 5.12. The lowest BCUT2D eigenvalue weighted by Crippen LogP contribution is -2.35. The van der Waals surface area contributed by atoms with E-state index in [1.807, 2.05) is 0 Å². The first kappa shape index (κ1) is 12.5. The van der Waals surface area contributed by atoms with Gasteiger partial charge < -0.3 is 5.73 Å². The van der Waals surface area contributed by atoms with E-state index in [1.165, 1.54) is 28.8 Å². The van der Waals surface area contributed by atoms with Gasteiger partial charge in [-0.05, 0) is 36.9 Å². The van der Waals surface area contributed by atoms with Gasteiger partial charge in [-0.2, -0.15) is 0 Å². The molecule has 1 aromatic heterocycles. The number of sulfonamides is 1. The molecule has 6 heteroatoms. The van der Waals surface area contributed by atoms with E-state index in [0.717, 1.165) is 12.8 Å². The van der Waals surface area contributed by atoms with Crippen molar-refractivity contribution in [2.24, 2.45) is 11.1 Å². The fraction of sp³-hybridized carbons (Fsp3) is 0.545. The summed E-state index contributed by atoms with van der Waals surface area (Å²) in [5.41, 5.74) is 5.68. The van der Waals surface area contributed by atoms with E-state index in [1.54, 1.807) is 7.05 Å². The Balaban J connectivity index is 2.16. The second-order valence-electron chi connectivity index (χ2n) is 4.65. The lowest BCUT2D eigenvalue weighted by atomic mass is 10.1. The molecule has 5 nitrogen and oxygen atoms in total. The summed E-state index contributed by atoms with van der Waals surface area (Å²) in [5, 5.41) is 0. The fourth-order valence-electron chi connectivity index (χ4n) is 1.85. The molecule has 0 saturated heterocycles. The molecule has 0 amide bonds. The number of hydrogen-bond acceptors (Lipinski definition) is 4. The van der Waals surface area contributed by atoms with Gasteiger partial charge in [0.1, 0.15) is 0 Å². The lowest BCUT2D eigenvalue weighted by Gasteiger charge is -2.22. The van der Waals surface area contributed by atoms with Gasteiger partial charge in [-0.1, -0.05) is 0 Å². The SMILES string of the molecule is CN(CC1(CN)CC1)S(=O)(=O)c1ccncc1. The van der Waals surface area contributed by atoms with Gasteiger partial charge in [0.15, 0.2) is 0 Å². The minimum atomic E-state index is -3.40. The summed E-state index contributed by atoms with van der Waals surface area (Å²) in [4.78, 5) is 4.10. The summed E-state index contributed by atoms with van der Waals surface area (Å²) in [6, 6.07) is 3.02. The topological polar surface area (TPSA) is 76.3 Å². The molecular weight excluding hydrogens is 238 g/mol. The molecule has 1 saturated carbocycles. The predicted molar refractivity (Wildman–Crippen MR) is 64.8 cm³/mol. The maximum absolute atomic E-state index is 12.2. The summed E-state index contributed by atoms with van der Waals surface area (Å²) in [6.45, 7) is 1.04. The molecule has 2 N–H and O–H groups in total. The zero-order chi connectivity index (χ0) is 12.5. The van der Waals surface area contributed by atoms with Crippen molar-refractivity contribution in [2.45, 2.75) is 17.7 Å². The van der Waals surface area contributed by atoms with E-state index >= 15 is 0 Å². The summed E-state index contributed by atoms with van der Waals surface area (Å²) in [5.74, 6) is 0. The number of nitrogens with zero attached hydrogens (tertiary/aromatic N) is 2. The van der Waals surface area contributed by atoms with Crippen molar-refractivity contribution in [3.63, 3.8) is 0 Å². The van der Waals surface area contributed by atoms with Gasteiger partial charge in [-0.25, -0.2) is 12.7 Å². The van der Waals surface area contributed by atoms with Crippen LogP contribution >= 0.6 is 0 Å². The lowest BCUT2D eigenvalue weighted by molar-refractivity contribution is 0.371. The third-order valence-electron chi connectivity index (χ3n) is 3.31. The van der Waals surface area contributed by atoms with Crippen LogP contribution in [0.15, 0.2) is 29.4 Å². The van der Waals surface area contributed by atoms with Crippen LogP contribution < -0.4 is 5.73 Å². The van der Waals surface area contributed by atoms with Crippen molar-refractivity contribution in [1.82, 2.24) is 9.29 Å². The first-order chi connectivity index (χ1) is 8.00. The molecule has 1 heterocycles. The first-order valence-electron chi connectivity index (χ1n) is 5.57. The zero-order valence-electron chi connectivity index (χ0n) is 9.83. The highest BCUT2D eigenvalue weighted by atomic mass is 32.2. The Hall–Kier alpha value is -0.980. The van der Waals surface area contributed by atoms with Crippen LogP contribution in [0, 0.1) is 5.41 Å². The Kier molecular flexibility index (Phi) is 3.20. The molecule has 0 aromatic carbocycles. The van der Waals surface area contributed by atoms with Gasteiger partial charge in [0, 0.05) is 26.0 Å². The molecular formula is C11H17N3O2S. The van der Waals surface area contributed by atoms with Crippen LogP contribution in [-0.4, -0.2) is 37.8 Å². The summed E-state index contributed by atoms with van der Waals surface area (Å²) >= 11 is 0. The molecule has 0 atom stereocenters. The number of nitrogens with two attached hydrogens (primary N) is 1. The monoisotopic (exact) mass is 255 g/mol. The van der Waals surface area contributed by atoms with E-state index in [2.05, 4.69) is 4.98 Å². The van der Waals surface area contributed by atoms with Crippen molar-refractivity contribution >= 4 is 10.0 Å². The normalized spacial score (nSPS) is 18.3. The van der Waals surface area contributed by atoms with Crippen molar-refractivity contribution in [1.29, 1.82) is 0 Å². The maximum atomic E-state index is 12.2. The van der Waals surface area contributed by atoms with E-state index in [4.69, 9.17) is 5.73 Å². The molecule has 0 bridgehead atoms. The molecule has 2 rings (SSSR count). The maximum Gasteiger partial charge on any atom is 0.242 e. The number of pyridine rings is 1. The summed E-state index contributed by atoms with van der Waals surface area (Å²) in [7, 11) is -1.80. The van der Waals surface area contributed by atoms with Gasteiger partial charge >= 0.3 is 0 Å². The van der Waals surface area contributed by atoms with Gasteiger partial charge in [-0.15, -0.1) is 0 Å². The Bertz CT molecular complexity index is 483. The van der Waals surface area contributed by atoms with E-state index in [9.17, 15) is 8.42 Å². The van der Waals surface area contributed by atoms with Crippen LogP contribution in [0.4, 0.5) is 0 Å². The van der Waals surface area contributed by atoms with Crippen molar-refractivity contribution < 1.29 is 8.42 Å². The molecule has 0 radical (unpaired) electrons. The van der Waals surface area contributed by atoms with E-state index in [0.29, 0.717) is 13.1 Å². The second-order valence-corrected chi connectivity index (χ2v) is 6.69. The number of rotatable bonds is 5. The highest BCUT2D eigenvalue weighted by Gasteiger charge is 2.43. The Morgan fingerprint density at radius 2 is 2.00 bits per heavy atom. The van der Waals surface area contributed by atoms with Crippen LogP contribution in [0.5, 0.6) is 0 Å². The highest BCUT2D eigenvalue weighted by Crippen LogP contribution is 2.45. The molecule has 0 spiro atoms. The Morgan fingerprint density at radius 3 is 2.47 bits per heavy atom. The van der Waals surface area contributed by atoms with Crippen LogP contribution in [0.2, 0.25) is 0 Å². The predicted octanol–water partition coefficient (Wildman–Crippen LogP) is 0.441. The largest absolute Gasteiger partial charge is 0.330 e. The highest BCUT2D eigenvalue weighted by molar-refractivity contribution is 7.89.